The van der Waals surface area contributed by atoms with Gasteiger partial charge < -0.3 is 0 Å². The summed E-state index contributed by atoms with van der Waals surface area (Å²) in [4.78, 5) is 0. The number of hydrogen-bond donors (Lipinski definition) is 0. The topological polar surface area (TPSA) is 0 Å². The van der Waals surface area contributed by atoms with Crippen molar-refractivity contribution >= 4 is 0 Å². The van der Waals surface area contributed by atoms with Crippen LogP contribution in [0.2, 0.25) is 0 Å². The fourth-order valence-corrected chi connectivity index (χ4v) is 2.71. The van der Waals surface area contributed by atoms with Crippen LogP contribution < -0.4 is 0 Å². The molecule has 1 aliphatic carbocycles. The molecule has 0 aliphatic heterocycles. The summed E-state index contributed by atoms with van der Waals surface area (Å²) in [6.45, 7) is 10.7. The minimum absolute atomic E-state index is 0.0147. The third kappa shape index (κ3) is 2.53. The van der Waals surface area contributed by atoms with E-state index in [1.165, 1.54) is 12.0 Å². The number of benzene rings is 1. The summed E-state index contributed by atoms with van der Waals surface area (Å²) in [6.07, 6.45) is 3.20. The third-order valence-electron chi connectivity index (χ3n) is 4.13. The van der Waals surface area contributed by atoms with Crippen molar-refractivity contribution in [3.05, 3.63) is 35.1 Å². The van der Waals surface area contributed by atoms with Gasteiger partial charge in [0.15, 0.2) is 0 Å². The summed E-state index contributed by atoms with van der Waals surface area (Å²) in [7, 11) is 0. The van der Waals surface area contributed by atoms with Crippen LogP contribution in [0.25, 0.3) is 0 Å². The molecule has 0 saturated heterocycles. The third-order valence-corrected chi connectivity index (χ3v) is 4.13. The van der Waals surface area contributed by atoms with Gasteiger partial charge in [0.2, 0.25) is 0 Å². The Bertz CT molecular complexity index is 368. The zero-order valence-corrected chi connectivity index (χ0v) is 11.8. The highest BCUT2D eigenvalue weighted by Crippen LogP contribution is 2.42. The molecule has 0 radical (unpaired) electrons. The summed E-state index contributed by atoms with van der Waals surface area (Å²) in [5, 5.41) is 0. The molecule has 17 heavy (non-hydrogen) atoms. The molecule has 1 atom stereocenters. The molecule has 1 unspecified atom stereocenters. The lowest BCUT2D eigenvalue weighted by Gasteiger charge is -2.39. The van der Waals surface area contributed by atoms with E-state index in [1.54, 1.807) is 6.07 Å². The molecule has 0 nitrogen and oxygen atoms in total. The molecular formula is C16H25F. The largest absolute Gasteiger partial charge is 0.207 e. The fourth-order valence-electron chi connectivity index (χ4n) is 2.71. The Labute approximate surface area is 105 Å². The molecule has 0 bridgehead atoms. The second-order valence-electron chi connectivity index (χ2n) is 5.19. The Balaban J connectivity index is 0.000000686. The lowest BCUT2D eigenvalue weighted by atomic mass is 9.65. The van der Waals surface area contributed by atoms with E-state index in [-0.39, 0.29) is 11.2 Å². The first-order valence-corrected chi connectivity index (χ1v) is 6.83. The summed E-state index contributed by atoms with van der Waals surface area (Å²) in [5.74, 6) is 0.553. The molecular weight excluding hydrogens is 211 g/mol. The molecule has 0 heterocycles. The van der Waals surface area contributed by atoms with Crippen LogP contribution in [0.3, 0.4) is 0 Å². The van der Waals surface area contributed by atoms with Crippen molar-refractivity contribution in [2.45, 2.75) is 59.3 Å². The van der Waals surface area contributed by atoms with Gasteiger partial charge in [-0.25, -0.2) is 4.39 Å². The van der Waals surface area contributed by atoms with E-state index >= 15 is 0 Å². The molecule has 1 aromatic carbocycles. The lowest BCUT2D eigenvalue weighted by molar-refractivity contribution is 0.287. The maximum Gasteiger partial charge on any atom is 0.126 e. The van der Waals surface area contributed by atoms with E-state index in [1.807, 2.05) is 19.9 Å². The molecule has 0 fully saturated rings. The van der Waals surface area contributed by atoms with Gasteiger partial charge in [0.1, 0.15) is 5.82 Å². The van der Waals surface area contributed by atoms with Gasteiger partial charge >= 0.3 is 0 Å². The summed E-state index contributed by atoms with van der Waals surface area (Å²) in [5.41, 5.74) is 2.36. The highest BCUT2D eigenvalue weighted by atomic mass is 19.1. The van der Waals surface area contributed by atoms with Crippen LogP contribution in [0, 0.1) is 11.7 Å². The van der Waals surface area contributed by atoms with E-state index in [2.05, 4.69) is 26.8 Å². The minimum Gasteiger partial charge on any atom is -0.207 e. The molecule has 0 aromatic heterocycles. The molecule has 1 aromatic rings. The average Bonchev–Trinajstić information content (AvgIpc) is 2.33. The molecule has 0 spiro atoms. The molecule has 0 amide bonds. The predicted molar refractivity (Wildman–Crippen MR) is 72.9 cm³/mol. The van der Waals surface area contributed by atoms with Crippen molar-refractivity contribution in [3.63, 3.8) is 0 Å². The van der Waals surface area contributed by atoms with Gasteiger partial charge in [-0.3, -0.25) is 0 Å². The summed E-state index contributed by atoms with van der Waals surface area (Å²) in [6, 6.07) is 5.54. The van der Waals surface area contributed by atoms with E-state index in [0.717, 1.165) is 18.4 Å². The SMILES string of the molecule is CC.CC(C)C1(C)CCCc2c(F)cccc21. The lowest BCUT2D eigenvalue weighted by Crippen LogP contribution is -2.33. The Hall–Kier alpha value is -0.850. The van der Waals surface area contributed by atoms with Gasteiger partial charge in [0, 0.05) is 0 Å². The molecule has 96 valence electrons. The van der Waals surface area contributed by atoms with Gasteiger partial charge in [0.25, 0.3) is 0 Å². The zero-order valence-electron chi connectivity index (χ0n) is 11.8. The monoisotopic (exact) mass is 236 g/mol. The van der Waals surface area contributed by atoms with Gasteiger partial charge in [-0.05, 0) is 47.8 Å². The normalized spacial score (nSPS) is 22.8. The minimum atomic E-state index is -0.0147. The van der Waals surface area contributed by atoms with Crippen molar-refractivity contribution in [1.82, 2.24) is 0 Å². The van der Waals surface area contributed by atoms with Crippen molar-refractivity contribution in [2.75, 3.05) is 0 Å². The van der Waals surface area contributed by atoms with Crippen molar-refractivity contribution in [3.8, 4) is 0 Å². The van der Waals surface area contributed by atoms with Crippen LogP contribution >= 0.6 is 0 Å². The number of rotatable bonds is 1. The maximum atomic E-state index is 13.7. The fraction of sp³-hybridized carbons (Fsp3) is 0.625. The highest BCUT2D eigenvalue weighted by molar-refractivity contribution is 5.37. The first-order chi connectivity index (χ1) is 8.05. The highest BCUT2D eigenvalue weighted by Gasteiger charge is 2.35. The van der Waals surface area contributed by atoms with Crippen LogP contribution in [-0.2, 0) is 11.8 Å². The zero-order chi connectivity index (χ0) is 13.1. The van der Waals surface area contributed by atoms with Crippen LogP contribution in [-0.4, -0.2) is 0 Å². The second kappa shape index (κ2) is 5.66. The molecule has 2 rings (SSSR count). The quantitative estimate of drug-likeness (QED) is 0.636. The van der Waals surface area contributed by atoms with Gasteiger partial charge in [0.05, 0.1) is 0 Å². The van der Waals surface area contributed by atoms with Crippen molar-refractivity contribution in [1.29, 1.82) is 0 Å². The predicted octanol–water partition coefficient (Wildman–Crippen LogP) is 5.10. The van der Waals surface area contributed by atoms with Gasteiger partial charge in [-0.15, -0.1) is 0 Å². The van der Waals surface area contributed by atoms with Gasteiger partial charge in [-0.2, -0.15) is 0 Å². The van der Waals surface area contributed by atoms with E-state index in [4.69, 9.17) is 0 Å². The molecule has 0 N–H and O–H groups in total. The summed E-state index contributed by atoms with van der Waals surface area (Å²) >= 11 is 0. The Morgan fingerprint density at radius 1 is 1.24 bits per heavy atom. The Morgan fingerprint density at radius 2 is 1.88 bits per heavy atom. The van der Waals surface area contributed by atoms with E-state index < -0.39 is 0 Å². The Morgan fingerprint density at radius 3 is 2.47 bits per heavy atom. The van der Waals surface area contributed by atoms with Gasteiger partial charge in [-0.1, -0.05) is 46.8 Å². The maximum absolute atomic E-state index is 13.7. The van der Waals surface area contributed by atoms with Crippen LogP contribution in [0.1, 0.15) is 58.6 Å². The second-order valence-corrected chi connectivity index (χ2v) is 5.19. The van der Waals surface area contributed by atoms with Crippen molar-refractivity contribution in [2.24, 2.45) is 5.92 Å². The number of hydrogen-bond acceptors (Lipinski definition) is 0. The van der Waals surface area contributed by atoms with E-state index in [9.17, 15) is 4.39 Å². The standard InChI is InChI=1S/C14H19F.C2H6/c1-10(2)14(3)9-5-6-11-12(14)7-4-8-13(11)15;1-2/h4,7-8,10H,5-6,9H2,1-3H3;1-2H3. The molecule has 1 heteroatoms. The van der Waals surface area contributed by atoms with Crippen LogP contribution in [0.5, 0.6) is 0 Å². The van der Waals surface area contributed by atoms with Crippen molar-refractivity contribution < 1.29 is 4.39 Å². The van der Waals surface area contributed by atoms with Crippen LogP contribution in [0.15, 0.2) is 18.2 Å². The molecule has 0 saturated carbocycles. The van der Waals surface area contributed by atoms with E-state index in [0.29, 0.717) is 5.92 Å². The smallest absolute Gasteiger partial charge is 0.126 e. The van der Waals surface area contributed by atoms with Crippen LogP contribution in [0.4, 0.5) is 4.39 Å². The first-order valence-electron chi connectivity index (χ1n) is 6.83. The number of halogens is 1. The average molecular weight is 236 g/mol. The molecule has 1 aliphatic rings. The Kier molecular flexibility index (Phi) is 4.73. The number of fused-ring (bicyclic) bond motifs is 1. The summed E-state index contributed by atoms with van der Waals surface area (Å²) < 4.78 is 13.7. The first kappa shape index (κ1) is 14.2.